The van der Waals surface area contributed by atoms with Crippen molar-refractivity contribution >= 4 is 17.6 Å². The molecular formula is C10H9N3O4. The number of esters is 1. The van der Waals surface area contributed by atoms with Gasteiger partial charge in [0.2, 0.25) is 0 Å². The van der Waals surface area contributed by atoms with Crippen LogP contribution >= 0.6 is 0 Å². The van der Waals surface area contributed by atoms with Gasteiger partial charge in [0.15, 0.2) is 5.65 Å². The highest BCUT2D eigenvalue weighted by Gasteiger charge is 2.14. The first-order chi connectivity index (χ1) is 8.13. The highest BCUT2D eigenvalue weighted by molar-refractivity contribution is 5.94. The first-order valence-corrected chi connectivity index (χ1v) is 4.87. The summed E-state index contributed by atoms with van der Waals surface area (Å²) in [5.41, 5.74) is 0.394. The van der Waals surface area contributed by atoms with E-state index in [0.717, 1.165) is 0 Å². The number of carboxylic acids is 1. The van der Waals surface area contributed by atoms with Crippen molar-refractivity contribution < 1.29 is 19.4 Å². The molecule has 2 aromatic rings. The van der Waals surface area contributed by atoms with Crippen molar-refractivity contribution in [3.8, 4) is 0 Å². The Hall–Kier alpha value is -2.44. The average molecular weight is 235 g/mol. The first-order valence-electron chi connectivity index (χ1n) is 4.87. The molecule has 0 aliphatic rings. The molecule has 0 fully saturated rings. The molecule has 0 amide bonds. The van der Waals surface area contributed by atoms with Gasteiger partial charge in [-0.05, 0) is 6.92 Å². The van der Waals surface area contributed by atoms with Crippen LogP contribution in [0.3, 0.4) is 0 Å². The summed E-state index contributed by atoms with van der Waals surface area (Å²) < 4.78 is 6.03. The number of nitrogens with zero attached hydrogens (tertiary/aromatic N) is 3. The minimum Gasteiger partial charge on any atom is -0.477 e. The molecule has 0 aliphatic carbocycles. The number of ether oxygens (including phenoxy) is 1. The van der Waals surface area contributed by atoms with Crippen molar-refractivity contribution in [1.29, 1.82) is 0 Å². The highest BCUT2D eigenvalue weighted by Crippen LogP contribution is 2.09. The van der Waals surface area contributed by atoms with Gasteiger partial charge in [0.25, 0.3) is 0 Å². The topological polar surface area (TPSA) is 93.8 Å². The molecule has 2 aromatic heterocycles. The lowest BCUT2D eigenvalue weighted by molar-refractivity contribution is 0.0524. The van der Waals surface area contributed by atoms with E-state index in [4.69, 9.17) is 9.84 Å². The molecule has 2 heterocycles. The number of rotatable bonds is 3. The fourth-order valence-electron chi connectivity index (χ4n) is 1.35. The van der Waals surface area contributed by atoms with Crippen LogP contribution in [0.25, 0.3) is 5.65 Å². The number of carbonyl (C=O) groups excluding carboxylic acids is 1. The number of hydrogen-bond acceptors (Lipinski definition) is 5. The Morgan fingerprint density at radius 3 is 2.88 bits per heavy atom. The second-order valence-electron chi connectivity index (χ2n) is 3.19. The van der Waals surface area contributed by atoms with Gasteiger partial charge in [-0.2, -0.15) is 5.10 Å². The second kappa shape index (κ2) is 4.20. The molecule has 0 aliphatic heterocycles. The van der Waals surface area contributed by atoms with E-state index in [1.54, 1.807) is 6.92 Å². The van der Waals surface area contributed by atoms with Crippen molar-refractivity contribution in [2.24, 2.45) is 0 Å². The zero-order chi connectivity index (χ0) is 12.4. The second-order valence-corrected chi connectivity index (χ2v) is 3.19. The maximum atomic E-state index is 11.4. The van der Waals surface area contributed by atoms with Crippen LogP contribution in [0, 0.1) is 0 Å². The molecule has 0 aromatic carbocycles. The third-order valence-electron chi connectivity index (χ3n) is 2.10. The molecule has 7 nitrogen and oxygen atoms in total. The molecule has 0 saturated heterocycles. The minimum atomic E-state index is -1.11. The van der Waals surface area contributed by atoms with E-state index >= 15 is 0 Å². The lowest BCUT2D eigenvalue weighted by Gasteiger charge is -2.01. The third kappa shape index (κ3) is 1.94. The molecule has 0 atom stereocenters. The first kappa shape index (κ1) is 11.1. The molecule has 0 spiro atoms. The molecule has 88 valence electrons. The fraction of sp³-hybridized carbons (Fsp3) is 0.200. The maximum Gasteiger partial charge on any atom is 0.341 e. The van der Waals surface area contributed by atoms with E-state index < -0.39 is 11.9 Å². The van der Waals surface area contributed by atoms with E-state index in [1.165, 1.54) is 23.1 Å². The zero-order valence-corrected chi connectivity index (χ0v) is 8.95. The van der Waals surface area contributed by atoms with E-state index in [2.05, 4.69) is 10.1 Å². The third-order valence-corrected chi connectivity index (χ3v) is 2.10. The van der Waals surface area contributed by atoms with Crippen LogP contribution in [0.4, 0.5) is 0 Å². The highest BCUT2D eigenvalue weighted by atomic mass is 16.5. The van der Waals surface area contributed by atoms with E-state index in [0.29, 0.717) is 0 Å². The van der Waals surface area contributed by atoms with E-state index in [1.807, 2.05) is 0 Å². The predicted molar refractivity (Wildman–Crippen MR) is 55.9 cm³/mol. The molecule has 0 bridgehead atoms. The standard InChI is InChI=1S/C10H9N3O4/c1-2-17-10(16)6-3-11-8-7(9(14)15)4-12-13(8)5-6/h3-5H,2H2,1H3,(H,14,15). The molecule has 0 radical (unpaired) electrons. The van der Waals surface area contributed by atoms with Crippen LogP contribution in [0.5, 0.6) is 0 Å². The Kier molecular flexibility index (Phi) is 2.73. The lowest BCUT2D eigenvalue weighted by atomic mass is 10.3. The number of hydrogen-bond donors (Lipinski definition) is 1. The largest absolute Gasteiger partial charge is 0.477 e. The zero-order valence-electron chi connectivity index (χ0n) is 8.95. The van der Waals surface area contributed by atoms with Crippen LogP contribution in [0.2, 0.25) is 0 Å². The quantitative estimate of drug-likeness (QED) is 0.783. The Balaban J connectivity index is 2.46. The van der Waals surface area contributed by atoms with Gasteiger partial charge < -0.3 is 9.84 Å². The summed E-state index contributed by atoms with van der Waals surface area (Å²) in [6.07, 6.45) is 3.83. The summed E-state index contributed by atoms with van der Waals surface area (Å²) in [5.74, 6) is -1.63. The van der Waals surface area contributed by atoms with Gasteiger partial charge >= 0.3 is 11.9 Å². The summed E-state index contributed by atoms with van der Waals surface area (Å²) in [7, 11) is 0. The molecule has 0 saturated carbocycles. The van der Waals surface area contributed by atoms with Crippen molar-refractivity contribution in [2.75, 3.05) is 6.61 Å². The van der Waals surface area contributed by atoms with Crippen LogP contribution in [0.15, 0.2) is 18.6 Å². The van der Waals surface area contributed by atoms with Gasteiger partial charge in [-0.3, -0.25) is 0 Å². The van der Waals surface area contributed by atoms with Crippen molar-refractivity contribution in [1.82, 2.24) is 14.6 Å². The molecule has 0 unspecified atom stereocenters. The molecule has 7 heteroatoms. The van der Waals surface area contributed by atoms with Crippen LogP contribution < -0.4 is 0 Å². The van der Waals surface area contributed by atoms with Crippen LogP contribution in [0.1, 0.15) is 27.6 Å². The Bertz CT molecular complexity index is 590. The summed E-state index contributed by atoms with van der Waals surface area (Å²) in [4.78, 5) is 26.1. The summed E-state index contributed by atoms with van der Waals surface area (Å²) in [5, 5.41) is 12.7. The number of aromatic carboxylic acids is 1. The summed E-state index contributed by atoms with van der Waals surface area (Å²) >= 11 is 0. The Labute approximate surface area is 95.6 Å². The van der Waals surface area contributed by atoms with Gasteiger partial charge in [-0.25, -0.2) is 19.1 Å². The predicted octanol–water partition coefficient (Wildman–Crippen LogP) is 0.604. The molecule has 2 rings (SSSR count). The van der Waals surface area contributed by atoms with Crippen LogP contribution in [-0.2, 0) is 4.74 Å². The monoisotopic (exact) mass is 235 g/mol. The maximum absolute atomic E-state index is 11.4. The lowest BCUT2D eigenvalue weighted by Crippen LogP contribution is -2.07. The van der Waals surface area contributed by atoms with Gasteiger partial charge in [0.1, 0.15) is 5.56 Å². The molecule has 17 heavy (non-hydrogen) atoms. The SMILES string of the molecule is CCOC(=O)c1cnc2c(C(=O)O)cnn2c1. The number of carboxylic acid groups (broad SMARTS) is 1. The van der Waals surface area contributed by atoms with E-state index in [9.17, 15) is 9.59 Å². The van der Waals surface area contributed by atoms with Gasteiger partial charge in [0.05, 0.1) is 18.4 Å². The average Bonchev–Trinajstić information content (AvgIpc) is 2.71. The van der Waals surface area contributed by atoms with Gasteiger partial charge in [0, 0.05) is 12.4 Å². The van der Waals surface area contributed by atoms with Crippen molar-refractivity contribution in [3.63, 3.8) is 0 Å². The normalized spacial score (nSPS) is 10.4. The molecule has 1 N–H and O–H groups in total. The number of aromatic nitrogens is 3. The van der Waals surface area contributed by atoms with Crippen molar-refractivity contribution in [2.45, 2.75) is 6.92 Å². The Morgan fingerprint density at radius 2 is 2.24 bits per heavy atom. The molecular weight excluding hydrogens is 226 g/mol. The fourth-order valence-corrected chi connectivity index (χ4v) is 1.35. The minimum absolute atomic E-state index is 0.0135. The summed E-state index contributed by atoms with van der Waals surface area (Å²) in [6, 6.07) is 0. The number of fused-ring (bicyclic) bond motifs is 1. The van der Waals surface area contributed by atoms with Gasteiger partial charge in [-0.15, -0.1) is 0 Å². The van der Waals surface area contributed by atoms with Gasteiger partial charge in [-0.1, -0.05) is 0 Å². The summed E-state index contributed by atoms with van der Waals surface area (Å²) in [6.45, 7) is 1.96. The Morgan fingerprint density at radius 1 is 1.47 bits per heavy atom. The van der Waals surface area contributed by atoms with Crippen molar-refractivity contribution in [3.05, 3.63) is 29.7 Å². The smallest absolute Gasteiger partial charge is 0.341 e. The number of carbonyl (C=O) groups is 2. The van der Waals surface area contributed by atoms with E-state index in [-0.39, 0.29) is 23.4 Å². The van der Waals surface area contributed by atoms with Crippen LogP contribution in [-0.4, -0.2) is 38.3 Å².